The molecule has 3 nitrogen and oxygen atoms in total. The highest BCUT2D eigenvalue weighted by molar-refractivity contribution is 4.94. The van der Waals surface area contributed by atoms with Crippen LogP contribution in [0.3, 0.4) is 0 Å². The van der Waals surface area contributed by atoms with E-state index in [0.717, 1.165) is 6.54 Å². The maximum absolute atomic E-state index is 3.61. The molecule has 3 heteroatoms. The highest BCUT2D eigenvalue weighted by Crippen LogP contribution is 2.39. The van der Waals surface area contributed by atoms with Crippen molar-refractivity contribution in [2.75, 3.05) is 46.3 Å². The van der Waals surface area contributed by atoms with E-state index in [9.17, 15) is 0 Å². The van der Waals surface area contributed by atoms with Crippen molar-refractivity contribution in [3.63, 3.8) is 0 Å². The average Bonchev–Trinajstić information content (AvgIpc) is 2.80. The number of hydrogen-bond acceptors (Lipinski definition) is 3. The molecule has 2 aliphatic rings. The van der Waals surface area contributed by atoms with Crippen LogP contribution in [0.15, 0.2) is 0 Å². The Kier molecular flexibility index (Phi) is 4.91. The Hall–Kier alpha value is -0.120. The normalized spacial score (nSPS) is 27.8. The Labute approximate surface area is 119 Å². The van der Waals surface area contributed by atoms with Gasteiger partial charge >= 0.3 is 0 Å². The Morgan fingerprint density at radius 3 is 2.37 bits per heavy atom. The maximum Gasteiger partial charge on any atom is 0.0277 e. The molecule has 112 valence electrons. The van der Waals surface area contributed by atoms with Gasteiger partial charge in [-0.1, -0.05) is 19.8 Å². The highest BCUT2D eigenvalue weighted by Gasteiger charge is 2.38. The van der Waals surface area contributed by atoms with Gasteiger partial charge in [0.15, 0.2) is 0 Å². The van der Waals surface area contributed by atoms with Gasteiger partial charge in [0.05, 0.1) is 0 Å². The standard InChI is InChI=1S/C16H33N3/c1-5-17-12-16(8-6-7-9-16)14-19-11-10-18(4)15(2,3)13-19/h17H,5-14H2,1-4H3. The van der Waals surface area contributed by atoms with Crippen LogP contribution in [0.5, 0.6) is 0 Å². The molecule has 0 aromatic carbocycles. The van der Waals surface area contributed by atoms with Gasteiger partial charge in [-0.3, -0.25) is 9.80 Å². The monoisotopic (exact) mass is 267 g/mol. The smallest absolute Gasteiger partial charge is 0.0277 e. The van der Waals surface area contributed by atoms with Crippen LogP contribution in [-0.4, -0.2) is 61.7 Å². The van der Waals surface area contributed by atoms with Crippen molar-refractivity contribution in [3.8, 4) is 0 Å². The van der Waals surface area contributed by atoms with E-state index in [0.29, 0.717) is 11.0 Å². The van der Waals surface area contributed by atoms with Gasteiger partial charge in [-0.05, 0) is 45.7 Å². The molecule has 0 unspecified atom stereocenters. The van der Waals surface area contributed by atoms with E-state index in [1.165, 1.54) is 58.4 Å². The molecule has 0 spiro atoms. The second kappa shape index (κ2) is 6.11. The van der Waals surface area contributed by atoms with Crippen LogP contribution in [0, 0.1) is 5.41 Å². The minimum absolute atomic E-state index is 0.330. The lowest BCUT2D eigenvalue weighted by molar-refractivity contribution is 0.0166. The Morgan fingerprint density at radius 2 is 1.79 bits per heavy atom. The van der Waals surface area contributed by atoms with Crippen LogP contribution < -0.4 is 5.32 Å². The topological polar surface area (TPSA) is 18.5 Å². The molecular formula is C16H33N3. The van der Waals surface area contributed by atoms with Crippen LogP contribution in [0.25, 0.3) is 0 Å². The van der Waals surface area contributed by atoms with Gasteiger partial charge in [-0.25, -0.2) is 0 Å². The number of hydrogen-bond donors (Lipinski definition) is 1. The summed E-state index contributed by atoms with van der Waals surface area (Å²) in [5.74, 6) is 0. The van der Waals surface area contributed by atoms with Gasteiger partial charge in [-0.2, -0.15) is 0 Å². The molecule has 1 heterocycles. The lowest BCUT2D eigenvalue weighted by atomic mass is 9.84. The summed E-state index contributed by atoms with van der Waals surface area (Å²) < 4.78 is 0. The van der Waals surface area contributed by atoms with E-state index in [1.807, 2.05) is 0 Å². The van der Waals surface area contributed by atoms with Crippen LogP contribution in [0.1, 0.15) is 46.5 Å². The molecule has 2 fully saturated rings. The van der Waals surface area contributed by atoms with Gasteiger partial charge in [-0.15, -0.1) is 0 Å². The number of rotatable bonds is 5. The summed E-state index contributed by atoms with van der Waals surface area (Å²) in [6.07, 6.45) is 5.71. The van der Waals surface area contributed by atoms with Crippen LogP contribution in [0.4, 0.5) is 0 Å². The van der Waals surface area contributed by atoms with Gasteiger partial charge in [0.2, 0.25) is 0 Å². The number of piperazine rings is 1. The first-order valence-electron chi connectivity index (χ1n) is 8.12. The molecular weight excluding hydrogens is 234 g/mol. The predicted octanol–water partition coefficient (Wildman–Crippen LogP) is 2.18. The Bertz CT molecular complexity index is 282. The third kappa shape index (κ3) is 3.71. The summed E-state index contributed by atoms with van der Waals surface area (Å²) in [4.78, 5) is 5.23. The first kappa shape index (κ1) is 15.3. The highest BCUT2D eigenvalue weighted by atomic mass is 15.3. The predicted molar refractivity (Wildman–Crippen MR) is 82.6 cm³/mol. The van der Waals surface area contributed by atoms with Crippen LogP contribution >= 0.6 is 0 Å². The molecule has 1 N–H and O–H groups in total. The Balaban J connectivity index is 1.94. The van der Waals surface area contributed by atoms with Crippen molar-refractivity contribution < 1.29 is 0 Å². The number of nitrogens with zero attached hydrogens (tertiary/aromatic N) is 2. The third-order valence-electron chi connectivity index (χ3n) is 5.37. The summed E-state index contributed by atoms with van der Waals surface area (Å²) in [5, 5.41) is 3.61. The first-order chi connectivity index (χ1) is 8.97. The van der Waals surface area contributed by atoms with E-state index in [-0.39, 0.29) is 0 Å². The van der Waals surface area contributed by atoms with Crippen molar-refractivity contribution in [2.24, 2.45) is 5.41 Å². The zero-order valence-corrected chi connectivity index (χ0v) is 13.5. The quantitative estimate of drug-likeness (QED) is 0.824. The van der Waals surface area contributed by atoms with Gasteiger partial charge in [0, 0.05) is 38.3 Å². The molecule has 0 aromatic rings. The molecule has 0 bridgehead atoms. The van der Waals surface area contributed by atoms with E-state index >= 15 is 0 Å². The van der Waals surface area contributed by atoms with Gasteiger partial charge < -0.3 is 5.32 Å². The van der Waals surface area contributed by atoms with Crippen molar-refractivity contribution in [1.82, 2.24) is 15.1 Å². The number of nitrogens with one attached hydrogen (secondary N) is 1. The number of likely N-dealkylation sites (N-methyl/N-ethyl adjacent to an activating group) is 1. The van der Waals surface area contributed by atoms with E-state index < -0.39 is 0 Å². The Morgan fingerprint density at radius 1 is 1.11 bits per heavy atom. The largest absolute Gasteiger partial charge is 0.316 e. The summed E-state index contributed by atoms with van der Waals surface area (Å²) in [6.45, 7) is 14.3. The SMILES string of the molecule is CCNCC1(CN2CCN(C)C(C)(C)C2)CCCC1. The van der Waals surface area contributed by atoms with Gasteiger partial charge in [0.1, 0.15) is 0 Å². The molecule has 1 aliphatic heterocycles. The summed E-state index contributed by atoms with van der Waals surface area (Å²) >= 11 is 0. The maximum atomic E-state index is 3.61. The average molecular weight is 267 g/mol. The fourth-order valence-corrected chi connectivity index (χ4v) is 3.86. The van der Waals surface area contributed by atoms with Crippen LogP contribution in [-0.2, 0) is 0 Å². The second-order valence-electron chi connectivity index (χ2n) is 7.43. The van der Waals surface area contributed by atoms with E-state index in [4.69, 9.17) is 0 Å². The molecule has 0 amide bonds. The molecule has 19 heavy (non-hydrogen) atoms. The molecule has 1 saturated heterocycles. The fraction of sp³-hybridized carbons (Fsp3) is 1.00. The zero-order valence-electron chi connectivity index (χ0n) is 13.5. The van der Waals surface area contributed by atoms with Crippen molar-refractivity contribution >= 4 is 0 Å². The molecule has 0 aromatic heterocycles. The van der Waals surface area contributed by atoms with Crippen molar-refractivity contribution in [2.45, 2.75) is 52.0 Å². The second-order valence-corrected chi connectivity index (χ2v) is 7.43. The zero-order chi connectivity index (χ0) is 13.9. The summed E-state index contributed by atoms with van der Waals surface area (Å²) in [6, 6.07) is 0. The minimum atomic E-state index is 0.330. The van der Waals surface area contributed by atoms with E-state index in [2.05, 4.69) is 42.9 Å². The summed E-state index contributed by atoms with van der Waals surface area (Å²) in [7, 11) is 2.27. The fourth-order valence-electron chi connectivity index (χ4n) is 3.86. The van der Waals surface area contributed by atoms with Crippen molar-refractivity contribution in [3.05, 3.63) is 0 Å². The molecule has 1 saturated carbocycles. The third-order valence-corrected chi connectivity index (χ3v) is 5.37. The van der Waals surface area contributed by atoms with Gasteiger partial charge in [0.25, 0.3) is 0 Å². The lowest BCUT2D eigenvalue weighted by Crippen LogP contribution is -2.59. The lowest BCUT2D eigenvalue weighted by Gasteiger charge is -2.48. The molecule has 0 atom stereocenters. The first-order valence-corrected chi connectivity index (χ1v) is 8.12. The molecule has 0 radical (unpaired) electrons. The summed E-state index contributed by atoms with van der Waals surface area (Å²) in [5.41, 5.74) is 0.887. The molecule has 2 rings (SSSR count). The minimum Gasteiger partial charge on any atom is -0.316 e. The van der Waals surface area contributed by atoms with Crippen LogP contribution in [0.2, 0.25) is 0 Å². The van der Waals surface area contributed by atoms with Crippen molar-refractivity contribution in [1.29, 1.82) is 0 Å². The van der Waals surface area contributed by atoms with E-state index in [1.54, 1.807) is 0 Å². The molecule has 1 aliphatic carbocycles.